The van der Waals surface area contributed by atoms with Gasteiger partial charge in [0.1, 0.15) is 0 Å². The summed E-state index contributed by atoms with van der Waals surface area (Å²) >= 11 is 4.35. The summed E-state index contributed by atoms with van der Waals surface area (Å²) in [6, 6.07) is 0. The molecule has 1 saturated carbocycles. The second kappa shape index (κ2) is 3.68. The topological polar surface area (TPSA) is 37.4 Å². The third-order valence-electron chi connectivity index (χ3n) is 3.29. The van der Waals surface area contributed by atoms with Crippen LogP contribution in [0.1, 0.15) is 12.8 Å². The summed E-state index contributed by atoms with van der Waals surface area (Å²) in [5, 5.41) is 0. The molecule has 1 saturated heterocycles. The van der Waals surface area contributed by atoms with Crippen LogP contribution in [-0.4, -0.2) is 50.2 Å². The molecule has 1 heterocycles. The molecule has 2 fully saturated rings. The van der Waals surface area contributed by atoms with Gasteiger partial charge in [-0.05, 0) is 24.0 Å². The van der Waals surface area contributed by atoms with E-state index in [9.17, 15) is 8.42 Å². The Morgan fingerprint density at radius 2 is 1.79 bits per heavy atom. The number of thiol groups is 1. The standard InChI is InChI=1S/C9H17NO2S2/c11-14(12)5-3-10(4-6-14)7-9(8-13)1-2-9/h13H,1-8H2. The minimum atomic E-state index is -2.72. The van der Waals surface area contributed by atoms with Crippen molar-refractivity contribution < 1.29 is 8.42 Å². The number of hydrogen-bond donors (Lipinski definition) is 1. The van der Waals surface area contributed by atoms with E-state index in [1.54, 1.807) is 0 Å². The molecule has 0 bridgehead atoms. The third-order valence-corrected chi connectivity index (χ3v) is 5.57. The fraction of sp³-hybridized carbons (Fsp3) is 1.00. The smallest absolute Gasteiger partial charge is 0.152 e. The highest BCUT2D eigenvalue weighted by Gasteiger charge is 2.43. The molecule has 14 heavy (non-hydrogen) atoms. The Hall–Kier alpha value is 0.260. The molecule has 0 spiro atoms. The number of hydrogen-bond acceptors (Lipinski definition) is 4. The second-order valence-corrected chi connectivity index (χ2v) is 7.21. The average molecular weight is 235 g/mol. The van der Waals surface area contributed by atoms with Gasteiger partial charge >= 0.3 is 0 Å². The summed E-state index contributed by atoms with van der Waals surface area (Å²) in [6.07, 6.45) is 2.53. The highest BCUT2D eigenvalue weighted by Crippen LogP contribution is 2.47. The molecule has 82 valence electrons. The first-order valence-corrected chi connectivity index (χ1v) is 7.54. The minimum absolute atomic E-state index is 0.343. The molecule has 5 heteroatoms. The molecular formula is C9H17NO2S2. The molecule has 0 aromatic carbocycles. The number of rotatable bonds is 3. The van der Waals surface area contributed by atoms with Crippen molar-refractivity contribution in [3.8, 4) is 0 Å². The number of nitrogens with zero attached hydrogens (tertiary/aromatic N) is 1. The lowest BCUT2D eigenvalue weighted by atomic mass is 10.1. The van der Waals surface area contributed by atoms with Crippen molar-refractivity contribution in [2.24, 2.45) is 5.41 Å². The van der Waals surface area contributed by atoms with E-state index >= 15 is 0 Å². The summed E-state index contributed by atoms with van der Waals surface area (Å²) in [7, 11) is -2.72. The van der Waals surface area contributed by atoms with Crippen LogP contribution in [0.3, 0.4) is 0 Å². The van der Waals surface area contributed by atoms with Crippen LogP contribution in [0.15, 0.2) is 0 Å². The van der Waals surface area contributed by atoms with Crippen molar-refractivity contribution in [3.63, 3.8) is 0 Å². The van der Waals surface area contributed by atoms with E-state index in [0.29, 0.717) is 16.9 Å². The van der Waals surface area contributed by atoms with Gasteiger partial charge in [-0.3, -0.25) is 0 Å². The van der Waals surface area contributed by atoms with Gasteiger partial charge in [0, 0.05) is 19.6 Å². The van der Waals surface area contributed by atoms with Crippen LogP contribution < -0.4 is 0 Å². The predicted octanol–water partition coefficient (Wildman–Crippen LogP) is 0.427. The van der Waals surface area contributed by atoms with Gasteiger partial charge in [-0.25, -0.2) is 8.42 Å². The zero-order valence-corrected chi connectivity index (χ0v) is 9.99. The summed E-state index contributed by atoms with van der Waals surface area (Å²) in [5.74, 6) is 1.63. The van der Waals surface area contributed by atoms with Gasteiger partial charge in [-0.1, -0.05) is 0 Å². The Bertz CT molecular complexity index is 295. The number of sulfone groups is 1. The Morgan fingerprint density at radius 3 is 2.21 bits per heavy atom. The lowest BCUT2D eigenvalue weighted by Gasteiger charge is -2.29. The largest absolute Gasteiger partial charge is 0.301 e. The zero-order valence-electron chi connectivity index (χ0n) is 8.28. The highest BCUT2D eigenvalue weighted by molar-refractivity contribution is 7.91. The van der Waals surface area contributed by atoms with Crippen LogP contribution in [0.4, 0.5) is 0 Å². The Balaban J connectivity index is 1.84. The summed E-state index contributed by atoms with van der Waals surface area (Å²) < 4.78 is 22.4. The fourth-order valence-corrected chi connectivity index (χ4v) is 3.62. The van der Waals surface area contributed by atoms with Crippen molar-refractivity contribution in [2.75, 3.05) is 36.9 Å². The van der Waals surface area contributed by atoms with Crippen molar-refractivity contribution in [1.29, 1.82) is 0 Å². The van der Waals surface area contributed by atoms with Crippen LogP contribution in [0, 0.1) is 5.41 Å². The summed E-state index contributed by atoms with van der Waals surface area (Å²) in [6.45, 7) is 2.49. The molecule has 1 aliphatic carbocycles. The average Bonchev–Trinajstić information content (AvgIpc) is 2.90. The lowest BCUT2D eigenvalue weighted by Crippen LogP contribution is -2.43. The van der Waals surface area contributed by atoms with Crippen LogP contribution in [-0.2, 0) is 9.84 Å². The first-order valence-electron chi connectivity index (χ1n) is 5.09. The third kappa shape index (κ3) is 2.44. The lowest BCUT2D eigenvalue weighted by molar-refractivity contribution is 0.247. The molecule has 0 aromatic heterocycles. The monoisotopic (exact) mass is 235 g/mol. The van der Waals surface area contributed by atoms with E-state index in [1.165, 1.54) is 12.8 Å². The Labute approximate surface area is 91.2 Å². The Morgan fingerprint density at radius 1 is 1.21 bits per heavy atom. The second-order valence-electron chi connectivity index (χ2n) is 4.59. The first-order chi connectivity index (χ1) is 6.55. The van der Waals surface area contributed by atoms with Gasteiger partial charge in [-0.15, -0.1) is 0 Å². The molecule has 0 amide bonds. The van der Waals surface area contributed by atoms with Crippen molar-refractivity contribution >= 4 is 22.5 Å². The van der Waals surface area contributed by atoms with E-state index in [0.717, 1.165) is 25.4 Å². The maximum atomic E-state index is 11.2. The first kappa shape index (κ1) is 10.8. The van der Waals surface area contributed by atoms with E-state index < -0.39 is 9.84 Å². The van der Waals surface area contributed by atoms with Gasteiger partial charge < -0.3 is 4.90 Å². The summed E-state index contributed by atoms with van der Waals surface area (Å²) in [4.78, 5) is 2.28. The SMILES string of the molecule is O=S1(=O)CCN(CC2(CS)CC2)CC1. The Kier molecular flexibility index (Phi) is 2.83. The zero-order chi connectivity index (χ0) is 10.2. The normalized spacial score (nSPS) is 30.1. The van der Waals surface area contributed by atoms with Gasteiger partial charge in [0.05, 0.1) is 11.5 Å². The van der Waals surface area contributed by atoms with Crippen LogP contribution in [0.5, 0.6) is 0 Å². The molecular weight excluding hydrogens is 218 g/mol. The van der Waals surface area contributed by atoms with Crippen molar-refractivity contribution in [3.05, 3.63) is 0 Å². The quantitative estimate of drug-likeness (QED) is 0.721. The van der Waals surface area contributed by atoms with Crippen molar-refractivity contribution in [1.82, 2.24) is 4.90 Å². The molecule has 0 aromatic rings. The van der Waals surface area contributed by atoms with E-state index in [-0.39, 0.29) is 0 Å². The molecule has 0 atom stereocenters. The van der Waals surface area contributed by atoms with Gasteiger partial charge in [0.15, 0.2) is 9.84 Å². The molecule has 2 rings (SSSR count). The van der Waals surface area contributed by atoms with Crippen molar-refractivity contribution in [2.45, 2.75) is 12.8 Å². The summed E-state index contributed by atoms with van der Waals surface area (Å²) in [5.41, 5.74) is 0.421. The molecule has 0 radical (unpaired) electrons. The van der Waals surface area contributed by atoms with Crippen LogP contribution in [0.25, 0.3) is 0 Å². The molecule has 1 aliphatic heterocycles. The van der Waals surface area contributed by atoms with Gasteiger partial charge in [0.25, 0.3) is 0 Å². The maximum Gasteiger partial charge on any atom is 0.152 e. The highest BCUT2D eigenvalue weighted by atomic mass is 32.2. The van der Waals surface area contributed by atoms with E-state index in [4.69, 9.17) is 0 Å². The molecule has 0 unspecified atom stereocenters. The predicted molar refractivity (Wildman–Crippen MR) is 60.6 cm³/mol. The van der Waals surface area contributed by atoms with Gasteiger partial charge in [0.2, 0.25) is 0 Å². The minimum Gasteiger partial charge on any atom is -0.301 e. The van der Waals surface area contributed by atoms with Crippen LogP contribution in [0.2, 0.25) is 0 Å². The van der Waals surface area contributed by atoms with Gasteiger partial charge in [-0.2, -0.15) is 12.6 Å². The van der Waals surface area contributed by atoms with E-state index in [1.807, 2.05) is 0 Å². The molecule has 2 aliphatic rings. The maximum absolute atomic E-state index is 11.2. The van der Waals surface area contributed by atoms with Crippen LogP contribution >= 0.6 is 12.6 Å². The molecule has 3 nitrogen and oxygen atoms in total. The molecule has 0 N–H and O–H groups in total. The van der Waals surface area contributed by atoms with E-state index in [2.05, 4.69) is 17.5 Å². The fourth-order valence-electron chi connectivity index (χ4n) is 1.93.